The maximum atomic E-state index is 12.0. The Morgan fingerprint density at radius 3 is 2.18 bits per heavy atom. The molecule has 1 aliphatic carbocycles. The lowest BCUT2D eigenvalue weighted by Gasteiger charge is -2.56. The topological polar surface area (TPSA) is 32.8 Å². The Kier molecular flexibility index (Phi) is 2.41. The third kappa shape index (κ3) is 2.15. The Morgan fingerprint density at radius 2 is 1.71 bits per heavy atom. The van der Waals surface area contributed by atoms with Crippen LogP contribution in [0, 0.1) is 0 Å². The van der Waals surface area contributed by atoms with E-state index >= 15 is 0 Å². The number of nitrogens with zero attached hydrogens (tertiary/aromatic N) is 2. The van der Waals surface area contributed by atoms with Crippen molar-refractivity contribution in [3.63, 3.8) is 0 Å². The third-order valence-electron chi connectivity index (χ3n) is 3.89. The van der Waals surface area contributed by atoms with Gasteiger partial charge in [0, 0.05) is 19.1 Å². The molecule has 4 rings (SSSR count). The Hall–Kier alpha value is -0.770. The van der Waals surface area contributed by atoms with Crippen LogP contribution in [0.15, 0.2) is 0 Å². The maximum Gasteiger partial charge on any atom is 0.410 e. The monoisotopic (exact) mass is 238 g/mol. The Balaban J connectivity index is 1.58. The summed E-state index contributed by atoms with van der Waals surface area (Å²) < 4.78 is 5.46. The predicted octanol–water partition coefficient (Wildman–Crippen LogP) is 1.84. The third-order valence-corrected chi connectivity index (χ3v) is 3.89. The molecule has 0 radical (unpaired) electrons. The van der Waals surface area contributed by atoms with Crippen LogP contribution >= 0.6 is 0 Å². The number of hydrogen-bond donors (Lipinski definition) is 0. The van der Waals surface area contributed by atoms with Crippen LogP contribution < -0.4 is 0 Å². The van der Waals surface area contributed by atoms with E-state index in [1.54, 1.807) is 0 Å². The summed E-state index contributed by atoms with van der Waals surface area (Å²) in [5, 5.41) is 0. The van der Waals surface area contributed by atoms with Gasteiger partial charge in [-0.05, 0) is 40.0 Å². The van der Waals surface area contributed by atoms with Gasteiger partial charge in [0.05, 0.1) is 12.1 Å². The summed E-state index contributed by atoms with van der Waals surface area (Å²) in [5.41, 5.74) is -0.378. The minimum absolute atomic E-state index is 0.116. The molecule has 0 aromatic carbocycles. The van der Waals surface area contributed by atoms with Crippen molar-refractivity contribution in [3.05, 3.63) is 0 Å². The highest BCUT2D eigenvalue weighted by Gasteiger charge is 2.50. The number of carbonyl (C=O) groups excluding carboxylic acids is 1. The molecule has 2 unspecified atom stereocenters. The first-order valence-electron chi connectivity index (χ1n) is 6.69. The van der Waals surface area contributed by atoms with Crippen LogP contribution in [0.2, 0.25) is 0 Å². The summed E-state index contributed by atoms with van der Waals surface area (Å²) >= 11 is 0. The van der Waals surface area contributed by atoms with Gasteiger partial charge >= 0.3 is 6.09 Å². The van der Waals surface area contributed by atoms with Gasteiger partial charge in [-0.3, -0.25) is 9.80 Å². The van der Waals surface area contributed by atoms with Gasteiger partial charge in [0.25, 0.3) is 0 Å². The molecule has 3 saturated heterocycles. The minimum atomic E-state index is -0.378. The molecule has 4 fully saturated rings. The van der Waals surface area contributed by atoms with E-state index in [2.05, 4.69) is 4.90 Å². The zero-order chi connectivity index (χ0) is 12.2. The van der Waals surface area contributed by atoms with Crippen molar-refractivity contribution in [2.45, 2.75) is 63.8 Å². The standard InChI is InChI=1S/C13H22N2O2/c1-13(2,3)17-12(16)15-10-6-11(15)8-14(7-10)9-4-5-9/h9-11H,4-8H2,1-3H3. The second kappa shape index (κ2) is 3.61. The molecule has 4 heteroatoms. The van der Waals surface area contributed by atoms with Crippen LogP contribution in [-0.2, 0) is 4.74 Å². The van der Waals surface area contributed by atoms with Crippen molar-refractivity contribution in [1.82, 2.24) is 9.80 Å². The lowest BCUT2D eigenvalue weighted by Crippen LogP contribution is -2.70. The predicted molar refractivity (Wildman–Crippen MR) is 64.9 cm³/mol. The molecule has 0 aromatic rings. The van der Waals surface area contributed by atoms with Crippen molar-refractivity contribution in [1.29, 1.82) is 0 Å². The van der Waals surface area contributed by atoms with Gasteiger partial charge in [0.1, 0.15) is 5.60 Å². The molecule has 2 bridgehead atoms. The summed E-state index contributed by atoms with van der Waals surface area (Å²) in [7, 11) is 0. The number of piperidine rings is 1. The van der Waals surface area contributed by atoms with Gasteiger partial charge < -0.3 is 4.74 Å². The number of carbonyl (C=O) groups is 1. The largest absolute Gasteiger partial charge is 0.444 e. The van der Waals surface area contributed by atoms with E-state index in [1.807, 2.05) is 25.7 Å². The minimum Gasteiger partial charge on any atom is -0.444 e. The molecule has 17 heavy (non-hydrogen) atoms. The molecule has 2 atom stereocenters. The number of ether oxygens (including phenoxy) is 1. The number of rotatable bonds is 1. The summed E-state index contributed by atoms with van der Waals surface area (Å²) in [5.74, 6) is 0. The van der Waals surface area contributed by atoms with Crippen molar-refractivity contribution in [3.8, 4) is 0 Å². The molecule has 0 N–H and O–H groups in total. The zero-order valence-corrected chi connectivity index (χ0v) is 11.0. The SMILES string of the molecule is CC(C)(C)OC(=O)N1C2CC1CN(C1CC1)C2. The van der Waals surface area contributed by atoms with Gasteiger partial charge in [-0.25, -0.2) is 4.79 Å². The van der Waals surface area contributed by atoms with E-state index < -0.39 is 0 Å². The van der Waals surface area contributed by atoms with Crippen LogP contribution in [0.25, 0.3) is 0 Å². The second-order valence-electron chi connectivity index (χ2n) is 6.62. The summed E-state index contributed by atoms with van der Waals surface area (Å²) in [4.78, 5) is 16.5. The van der Waals surface area contributed by atoms with E-state index in [0.717, 1.165) is 19.1 Å². The molecule has 4 aliphatic rings. The fourth-order valence-electron chi connectivity index (χ4n) is 2.99. The normalized spacial score (nSPS) is 33.2. The molecule has 0 spiro atoms. The average Bonchev–Trinajstić information content (AvgIpc) is 2.96. The molecule has 0 aromatic heterocycles. The number of hydrogen-bond acceptors (Lipinski definition) is 3. The second-order valence-corrected chi connectivity index (χ2v) is 6.62. The van der Waals surface area contributed by atoms with E-state index in [9.17, 15) is 4.79 Å². The first-order valence-corrected chi connectivity index (χ1v) is 6.69. The van der Waals surface area contributed by atoms with Crippen molar-refractivity contribution < 1.29 is 9.53 Å². The van der Waals surface area contributed by atoms with Crippen LogP contribution in [-0.4, -0.2) is 52.7 Å². The Bertz CT molecular complexity index is 321. The van der Waals surface area contributed by atoms with E-state index in [-0.39, 0.29) is 11.7 Å². The van der Waals surface area contributed by atoms with Crippen molar-refractivity contribution in [2.24, 2.45) is 0 Å². The number of fused-ring (bicyclic) bond motifs is 2. The Morgan fingerprint density at radius 1 is 1.12 bits per heavy atom. The Labute approximate surface area is 103 Å². The summed E-state index contributed by atoms with van der Waals surface area (Å²) in [6, 6.07) is 1.63. The molecule has 1 saturated carbocycles. The lowest BCUT2D eigenvalue weighted by molar-refractivity contribution is -0.0782. The smallest absolute Gasteiger partial charge is 0.410 e. The average molecular weight is 238 g/mol. The van der Waals surface area contributed by atoms with Crippen molar-refractivity contribution in [2.75, 3.05) is 13.1 Å². The number of amides is 1. The molecule has 3 aliphatic heterocycles. The molecular formula is C13H22N2O2. The fourth-order valence-corrected chi connectivity index (χ4v) is 2.99. The maximum absolute atomic E-state index is 12.0. The van der Waals surface area contributed by atoms with Gasteiger partial charge in [0.2, 0.25) is 0 Å². The quantitative estimate of drug-likeness (QED) is 0.699. The molecular weight excluding hydrogens is 216 g/mol. The number of piperazine rings is 1. The zero-order valence-electron chi connectivity index (χ0n) is 11.0. The van der Waals surface area contributed by atoms with E-state index in [0.29, 0.717) is 12.1 Å². The lowest BCUT2D eigenvalue weighted by atomic mass is 9.88. The highest BCUT2D eigenvalue weighted by atomic mass is 16.6. The first-order chi connectivity index (χ1) is 7.94. The highest BCUT2D eigenvalue weighted by molar-refractivity contribution is 5.70. The fraction of sp³-hybridized carbons (Fsp3) is 0.923. The van der Waals surface area contributed by atoms with Crippen LogP contribution in [0.1, 0.15) is 40.0 Å². The molecule has 1 amide bonds. The summed E-state index contributed by atoms with van der Waals surface area (Å²) in [6.07, 6.45) is 3.76. The van der Waals surface area contributed by atoms with Crippen LogP contribution in [0.5, 0.6) is 0 Å². The molecule has 3 heterocycles. The van der Waals surface area contributed by atoms with E-state index in [1.165, 1.54) is 19.3 Å². The van der Waals surface area contributed by atoms with Crippen molar-refractivity contribution >= 4 is 6.09 Å². The molecule has 4 nitrogen and oxygen atoms in total. The summed E-state index contributed by atoms with van der Waals surface area (Å²) in [6.45, 7) is 7.89. The van der Waals surface area contributed by atoms with Gasteiger partial charge in [-0.1, -0.05) is 0 Å². The van der Waals surface area contributed by atoms with Crippen LogP contribution in [0.4, 0.5) is 4.79 Å². The first kappa shape index (κ1) is 11.3. The highest BCUT2D eigenvalue weighted by Crippen LogP contribution is 2.38. The van der Waals surface area contributed by atoms with Gasteiger partial charge in [0.15, 0.2) is 0 Å². The van der Waals surface area contributed by atoms with Crippen LogP contribution in [0.3, 0.4) is 0 Å². The van der Waals surface area contributed by atoms with E-state index in [4.69, 9.17) is 4.74 Å². The van der Waals surface area contributed by atoms with Gasteiger partial charge in [-0.15, -0.1) is 0 Å². The van der Waals surface area contributed by atoms with Gasteiger partial charge in [-0.2, -0.15) is 0 Å². The molecule has 96 valence electrons.